The normalized spacial score (nSPS) is 22.5. The molecule has 22 heavy (non-hydrogen) atoms. The molecule has 1 saturated heterocycles. The predicted octanol–water partition coefficient (Wildman–Crippen LogP) is 3.35. The molecule has 1 aliphatic heterocycles. The molecule has 0 N–H and O–H groups in total. The van der Waals surface area contributed by atoms with Crippen LogP contribution in [0.5, 0.6) is 0 Å². The minimum atomic E-state index is -0.559. The van der Waals surface area contributed by atoms with Crippen molar-refractivity contribution in [3.8, 4) is 0 Å². The molecule has 1 aromatic heterocycles. The molecule has 2 unspecified atom stereocenters. The lowest BCUT2D eigenvalue weighted by atomic mass is 10.0. The molecule has 1 aliphatic rings. The standard InChI is InChI=1S/C16H23NO4S/c1-11-8-20-9-13(7-14(18)12-5-6-22-10-12)17(11)15(19)21-16(2,3)4/h5-6,10-11,13H,7-9H2,1-4H3. The maximum absolute atomic E-state index is 12.4. The molecule has 1 fully saturated rings. The van der Waals surface area contributed by atoms with Crippen molar-refractivity contribution in [3.63, 3.8) is 0 Å². The number of thiophene rings is 1. The molecule has 6 heteroatoms. The Balaban J connectivity index is 2.09. The van der Waals surface area contributed by atoms with Gasteiger partial charge in [0.15, 0.2) is 5.78 Å². The minimum Gasteiger partial charge on any atom is -0.444 e. The van der Waals surface area contributed by atoms with Gasteiger partial charge in [-0.25, -0.2) is 4.79 Å². The van der Waals surface area contributed by atoms with Crippen LogP contribution in [0, 0.1) is 0 Å². The lowest BCUT2D eigenvalue weighted by Gasteiger charge is -2.40. The molecular weight excluding hydrogens is 302 g/mol. The molecule has 0 saturated carbocycles. The number of rotatable bonds is 3. The lowest BCUT2D eigenvalue weighted by Crippen LogP contribution is -2.55. The second kappa shape index (κ2) is 6.79. The number of carbonyl (C=O) groups excluding carboxylic acids is 2. The topological polar surface area (TPSA) is 55.8 Å². The van der Waals surface area contributed by atoms with Crippen LogP contribution < -0.4 is 0 Å². The highest BCUT2D eigenvalue weighted by molar-refractivity contribution is 7.08. The van der Waals surface area contributed by atoms with Crippen LogP contribution in [0.1, 0.15) is 44.5 Å². The summed E-state index contributed by atoms with van der Waals surface area (Å²) in [7, 11) is 0. The Hall–Kier alpha value is -1.40. The van der Waals surface area contributed by atoms with Crippen LogP contribution in [-0.2, 0) is 9.47 Å². The van der Waals surface area contributed by atoms with Gasteiger partial charge in [-0.3, -0.25) is 9.69 Å². The molecule has 5 nitrogen and oxygen atoms in total. The second-order valence-corrected chi connectivity index (χ2v) is 7.35. The summed E-state index contributed by atoms with van der Waals surface area (Å²) in [5, 5.41) is 3.70. The van der Waals surface area contributed by atoms with E-state index in [0.29, 0.717) is 18.8 Å². The van der Waals surface area contributed by atoms with E-state index in [1.165, 1.54) is 11.3 Å². The Morgan fingerprint density at radius 3 is 2.73 bits per heavy atom. The van der Waals surface area contributed by atoms with Gasteiger partial charge in [-0.05, 0) is 39.1 Å². The third-order valence-corrected chi connectivity index (χ3v) is 4.09. The minimum absolute atomic E-state index is 0.0255. The Morgan fingerprint density at radius 1 is 1.41 bits per heavy atom. The lowest BCUT2D eigenvalue weighted by molar-refractivity contribution is -0.0558. The Morgan fingerprint density at radius 2 is 2.14 bits per heavy atom. The number of Topliss-reactive ketones (excluding diaryl/α,β-unsaturated/α-hetero) is 1. The van der Waals surface area contributed by atoms with E-state index in [2.05, 4.69) is 0 Å². The molecule has 2 rings (SSSR count). The third kappa shape index (κ3) is 4.30. The Labute approximate surface area is 135 Å². The van der Waals surface area contributed by atoms with Crippen molar-refractivity contribution < 1.29 is 19.1 Å². The molecule has 0 spiro atoms. The zero-order valence-electron chi connectivity index (χ0n) is 13.5. The average molecular weight is 325 g/mol. The van der Waals surface area contributed by atoms with Crippen LogP contribution >= 0.6 is 11.3 Å². The van der Waals surface area contributed by atoms with Gasteiger partial charge in [-0.1, -0.05) is 0 Å². The van der Waals surface area contributed by atoms with E-state index in [4.69, 9.17) is 9.47 Å². The summed E-state index contributed by atoms with van der Waals surface area (Å²) >= 11 is 1.49. The fraction of sp³-hybridized carbons (Fsp3) is 0.625. The number of carbonyl (C=O) groups is 2. The summed E-state index contributed by atoms with van der Waals surface area (Å²) in [6.07, 6.45) is -0.133. The van der Waals surface area contributed by atoms with Gasteiger partial charge in [0.25, 0.3) is 0 Å². The fourth-order valence-corrected chi connectivity index (χ4v) is 3.11. The number of hydrogen-bond donors (Lipinski definition) is 0. The van der Waals surface area contributed by atoms with E-state index in [0.717, 1.165) is 0 Å². The molecule has 0 bridgehead atoms. The molecule has 0 aliphatic carbocycles. The Kier molecular flexibility index (Phi) is 5.24. The van der Waals surface area contributed by atoms with Gasteiger partial charge in [-0.2, -0.15) is 11.3 Å². The number of hydrogen-bond acceptors (Lipinski definition) is 5. The summed E-state index contributed by atoms with van der Waals surface area (Å²) in [6.45, 7) is 8.23. The predicted molar refractivity (Wildman–Crippen MR) is 85.4 cm³/mol. The molecule has 1 amide bonds. The van der Waals surface area contributed by atoms with Crippen molar-refractivity contribution in [2.75, 3.05) is 13.2 Å². The molecule has 0 radical (unpaired) electrons. The van der Waals surface area contributed by atoms with Gasteiger partial charge in [0, 0.05) is 17.4 Å². The fourth-order valence-electron chi connectivity index (χ4n) is 2.45. The molecule has 1 aromatic rings. The van der Waals surface area contributed by atoms with Gasteiger partial charge in [-0.15, -0.1) is 0 Å². The van der Waals surface area contributed by atoms with Gasteiger partial charge >= 0.3 is 6.09 Å². The zero-order chi connectivity index (χ0) is 16.3. The highest BCUT2D eigenvalue weighted by Crippen LogP contribution is 2.22. The van der Waals surface area contributed by atoms with Crippen molar-refractivity contribution in [2.45, 2.75) is 51.8 Å². The van der Waals surface area contributed by atoms with Crippen LogP contribution in [0.2, 0.25) is 0 Å². The number of ether oxygens (including phenoxy) is 2. The number of nitrogens with zero attached hydrogens (tertiary/aromatic N) is 1. The van der Waals surface area contributed by atoms with Gasteiger partial charge < -0.3 is 9.47 Å². The number of morpholine rings is 1. The van der Waals surface area contributed by atoms with Crippen LogP contribution in [0.3, 0.4) is 0 Å². The van der Waals surface area contributed by atoms with Crippen LogP contribution in [-0.4, -0.2) is 47.7 Å². The van der Waals surface area contributed by atoms with E-state index in [1.807, 2.05) is 38.5 Å². The smallest absolute Gasteiger partial charge is 0.410 e. The highest BCUT2D eigenvalue weighted by Gasteiger charge is 2.36. The van der Waals surface area contributed by atoms with Gasteiger partial charge in [0.1, 0.15) is 5.60 Å². The quantitative estimate of drug-likeness (QED) is 0.800. The molecule has 122 valence electrons. The summed E-state index contributed by atoms with van der Waals surface area (Å²) in [4.78, 5) is 26.4. The van der Waals surface area contributed by atoms with E-state index in [9.17, 15) is 9.59 Å². The highest BCUT2D eigenvalue weighted by atomic mass is 32.1. The SMILES string of the molecule is CC1COCC(CC(=O)c2ccsc2)N1C(=O)OC(C)(C)C. The van der Waals surface area contributed by atoms with E-state index in [-0.39, 0.29) is 30.4 Å². The van der Waals surface area contributed by atoms with Crippen molar-refractivity contribution in [1.82, 2.24) is 4.90 Å². The molecule has 2 atom stereocenters. The monoisotopic (exact) mass is 325 g/mol. The molecule has 2 heterocycles. The molecular formula is C16H23NO4S. The van der Waals surface area contributed by atoms with Crippen LogP contribution in [0.4, 0.5) is 4.79 Å². The van der Waals surface area contributed by atoms with Crippen LogP contribution in [0.25, 0.3) is 0 Å². The van der Waals surface area contributed by atoms with Crippen molar-refractivity contribution in [1.29, 1.82) is 0 Å². The largest absolute Gasteiger partial charge is 0.444 e. The van der Waals surface area contributed by atoms with E-state index < -0.39 is 5.60 Å². The first-order valence-electron chi connectivity index (χ1n) is 7.42. The van der Waals surface area contributed by atoms with E-state index >= 15 is 0 Å². The summed E-state index contributed by atoms with van der Waals surface area (Å²) in [6, 6.07) is 1.41. The average Bonchev–Trinajstić information content (AvgIpc) is 2.90. The maximum atomic E-state index is 12.4. The van der Waals surface area contributed by atoms with E-state index in [1.54, 1.807) is 11.0 Å². The summed E-state index contributed by atoms with van der Waals surface area (Å²) in [5.41, 5.74) is 0.129. The summed E-state index contributed by atoms with van der Waals surface area (Å²) < 4.78 is 11.0. The van der Waals surface area contributed by atoms with Crippen molar-refractivity contribution in [2.24, 2.45) is 0 Å². The van der Waals surface area contributed by atoms with Crippen molar-refractivity contribution >= 4 is 23.2 Å². The first-order valence-corrected chi connectivity index (χ1v) is 8.36. The third-order valence-electron chi connectivity index (χ3n) is 3.41. The van der Waals surface area contributed by atoms with Crippen molar-refractivity contribution in [3.05, 3.63) is 22.4 Å². The molecule has 0 aromatic carbocycles. The van der Waals surface area contributed by atoms with Gasteiger partial charge in [0.05, 0.1) is 25.3 Å². The zero-order valence-corrected chi connectivity index (χ0v) is 14.3. The summed E-state index contributed by atoms with van der Waals surface area (Å²) in [5.74, 6) is 0.0255. The maximum Gasteiger partial charge on any atom is 0.410 e. The number of amides is 1. The Bertz CT molecular complexity index is 521. The second-order valence-electron chi connectivity index (χ2n) is 6.57. The first-order chi connectivity index (χ1) is 10.3. The number of ketones is 1. The van der Waals surface area contributed by atoms with Crippen LogP contribution in [0.15, 0.2) is 16.8 Å². The van der Waals surface area contributed by atoms with Gasteiger partial charge in [0.2, 0.25) is 0 Å². The first kappa shape index (κ1) is 17.0.